The summed E-state index contributed by atoms with van der Waals surface area (Å²) in [6.45, 7) is 3.49. The van der Waals surface area contributed by atoms with E-state index in [0.717, 1.165) is 11.1 Å². The number of rotatable bonds is 7. The summed E-state index contributed by atoms with van der Waals surface area (Å²) in [5, 5.41) is 7.50. The highest BCUT2D eigenvalue weighted by atomic mass is 16.5. The lowest BCUT2D eigenvalue weighted by atomic mass is 10.0. The number of aromatic nitrogens is 5. The van der Waals surface area contributed by atoms with Crippen LogP contribution in [0.4, 0.5) is 17.6 Å². The lowest BCUT2D eigenvalue weighted by molar-refractivity contribution is 0.0464. The molecule has 0 atom stereocenters. The van der Waals surface area contributed by atoms with Crippen LogP contribution in [0.25, 0.3) is 22.4 Å². The van der Waals surface area contributed by atoms with Crippen molar-refractivity contribution in [3.05, 3.63) is 77.2 Å². The highest BCUT2D eigenvalue weighted by molar-refractivity contribution is 6.04. The third-order valence-corrected chi connectivity index (χ3v) is 5.57. The minimum atomic E-state index is -0.606. The normalized spacial score (nSPS) is 10.9. The third kappa shape index (κ3) is 5.01. The Hall–Kier alpha value is -5.06. The van der Waals surface area contributed by atoms with Gasteiger partial charge in [0.2, 0.25) is 11.9 Å². The zero-order chi connectivity index (χ0) is 25.9. The molecule has 0 fully saturated rings. The molecule has 0 bridgehead atoms. The first-order valence-corrected chi connectivity index (χ1v) is 11.3. The highest BCUT2D eigenvalue weighted by Crippen LogP contribution is 2.28. The van der Waals surface area contributed by atoms with Crippen molar-refractivity contribution in [2.24, 2.45) is 0 Å². The van der Waals surface area contributed by atoms with Crippen LogP contribution in [0.15, 0.2) is 59.1 Å². The summed E-state index contributed by atoms with van der Waals surface area (Å²) in [5.41, 5.74) is 10.1. The lowest BCUT2D eigenvalue weighted by Crippen LogP contribution is -2.12. The van der Waals surface area contributed by atoms with E-state index in [-0.39, 0.29) is 35.6 Å². The van der Waals surface area contributed by atoms with Crippen molar-refractivity contribution in [2.45, 2.75) is 20.5 Å². The van der Waals surface area contributed by atoms with Gasteiger partial charge in [0, 0.05) is 5.56 Å². The second-order valence-corrected chi connectivity index (χ2v) is 8.20. The van der Waals surface area contributed by atoms with E-state index >= 15 is 0 Å². The van der Waals surface area contributed by atoms with E-state index in [0.29, 0.717) is 28.2 Å². The number of carbonyl (C=O) groups excluding carboxylic acids is 1. The van der Waals surface area contributed by atoms with Gasteiger partial charge in [-0.05, 0) is 32.0 Å². The van der Waals surface area contributed by atoms with Gasteiger partial charge in [0.1, 0.15) is 5.75 Å². The van der Waals surface area contributed by atoms with Gasteiger partial charge in [-0.2, -0.15) is 15.0 Å². The van der Waals surface area contributed by atoms with E-state index in [1.54, 1.807) is 32.2 Å². The van der Waals surface area contributed by atoms with Gasteiger partial charge in [-0.25, -0.2) is 9.78 Å². The highest BCUT2D eigenvalue weighted by Gasteiger charge is 2.21. The second-order valence-electron chi connectivity index (χ2n) is 8.20. The summed E-state index contributed by atoms with van der Waals surface area (Å²) in [5.74, 6) is 0.325. The van der Waals surface area contributed by atoms with Crippen LogP contribution in [0.3, 0.4) is 0 Å². The van der Waals surface area contributed by atoms with E-state index in [1.807, 2.05) is 43.3 Å². The van der Waals surface area contributed by atoms with Crippen molar-refractivity contribution >= 4 is 34.7 Å². The number of benzene rings is 2. The fourth-order valence-electron chi connectivity index (χ4n) is 3.76. The molecule has 11 nitrogen and oxygen atoms in total. The quantitative estimate of drug-likeness (QED) is 0.308. The molecular weight excluding hydrogens is 474 g/mol. The number of para-hydroxylation sites is 2. The van der Waals surface area contributed by atoms with Crippen LogP contribution < -0.4 is 15.8 Å². The number of carbonyl (C=O) groups is 1. The molecule has 37 heavy (non-hydrogen) atoms. The molecule has 5 rings (SSSR count). The number of hydrogen-bond acceptors (Lipinski definition) is 11. The van der Waals surface area contributed by atoms with Crippen LogP contribution in [0.2, 0.25) is 0 Å². The summed E-state index contributed by atoms with van der Waals surface area (Å²) in [6, 6.07) is 16.7. The average molecular weight is 498 g/mol. The smallest absolute Gasteiger partial charge is 0.339 e. The summed E-state index contributed by atoms with van der Waals surface area (Å²) in [4.78, 5) is 30.3. The number of nitrogens with one attached hydrogen (secondary N) is 1. The maximum Gasteiger partial charge on any atom is 0.339 e. The Morgan fingerprint density at radius 3 is 2.59 bits per heavy atom. The molecule has 186 valence electrons. The minimum Gasteiger partial charge on any atom is -0.495 e. The van der Waals surface area contributed by atoms with Gasteiger partial charge in [0.15, 0.2) is 12.4 Å². The number of aryl methyl sites for hydroxylation is 2. The van der Waals surface area contributed by atoms with Crippen LogP contribution in [0.1, 0.15) is 27.4 Å². The van der Waals surface area contributed by atoms with E-state index in [4.69, 9.17) is 19.7 Å². The number of ether oxygens (including phenoxy) is 2. The minimum absolute atomic E-state index is 0.0266. The topological polar surface area (TPSA) is 151 Å². The first kappa shape index (κ1) is 23.7. The molecule has 5 aromatic rings. The molecule has 0 saturated heterocycles. The molecule has 0 amide bonds. The number of methoxy groups -OCH3 is 1. The second kappa shape index (κ2) is 9.90. The van der Waals surface area contributed by atoms with Crippen molar-refractivity contribution in [3.8, 4) is 17.0 Å². The van der Waals surface area contributed by atoms with Crippen LogP contribution >= 0.6 is 0 Å². The summed E-state index contributed by atoms with van der Waals surface area (Å²) >= 11 is 0. The summed E-state index contributed by atoms with van der Waals surface area (Å²) in [7, 11) is 1.56. The van der Waals surface area contributed by atoms with Gasteiger partial charge in [-0.1, -0.05) is 47.1 Å². The zero-order valence-corrected chi connectivity index (χ0v) is 20.3. The van der Waals surface area contributed by atoms with Gasteiger partial charge in [-0.3, -0.25) is 0 Å². The van der Waals surface area contributed by atoms with Crippen molar-refractivity contribution < 1.29 is 18.8 Å². The Balaban J connectivity index is 1.40. The molecule has 0 saturated carbocycles. The Kier molecular flexibility index (Phi) is 6.33. The van der Waals surface area contributed by atoms with Crippen molar-refractivity contribution in [1.82, 2.24) is 25.1 Å². The molecule has 3 N–H and O–H groups in total. The fourth-order valence-corrected chi connectivity index (χ4v) is 3.76. The number of hydrogen-bond donors (Lipinski definition) is 2. The van der Waals surface area contributed by atoms with Crippen molar-refractivity contribution in [1.29, 1.82) is 0 Å². The molecule has 0 radical (unpaired) electrons. The predicted molar refractivity (Wildman–Crippen MR) is 136 cm³/mol. The van der Waals surface area contributed by atoms with Gasteiger partial charge in [-0.15, -0.1) is 0 Å². The third-order valence-electron chi connectivity index (χ3n) is 5.57. The van der Waals surface area contributed by atoms with Gasteiger partial charge in [0.05, 0.1) is 35.1 Å². The molecule has 11 heteroatoms. The maximum atomic E-state index is 13.2. The Bertz CT molecular complexity index is 1600. The number of nitrogens with zero attached hydrogens (tertiary/aromatic N) is 5. The first-order valence-electron chi connectivity index (χ1n) is 11.3. The number of fused-ring (bicyclic) bond motifs is 1. The fraction of sp³-hybridized carbons (Fsp3) is 0.154. The molecular formula is C26H23N7O4. The Morgan fingerprint density at radius 2 is 1.81 bits per heavy atom. The maximum absolute atomic E-state index is 13.2. The average Bonchev–Trinajstić information content (AvgIpc) is 3.27. The van der Waals surface area contributed by atoms with Crippen LogP contribution in [0, 0.1) is 13.8 Å². The number of pyridine rings is 1. The van der Waals surface area contributed by atoms with Crippen LogP contribution in [0.5, 0.6) is 5.75 Å². The Labute approximate surface area is 211 Å². The van der Waals surface area contributed by atoms with E-state index in [2.05, 4.69) is 30.4 Å². The van der Waals surface area contributed by atoms with Gasteiger partial charge >= 0.3 is 5.97 Å². The van der Waals surface area contributed by atoms with E-state index in [1.165, 1.54) is 0 Å². The molecule has 2 aromatic carbocycles. The lowest BCUT2D eigenvalue weighted by Gasteiger charge is -2.11. The number of nitrogen functional groups attached to an aromatic ring is 1. The molecule has 3 aromatic heterocycles. The summed E-state index contributed by atoms with van der Waals surface area (Å²) < 4.78 is 16.3. The number of anilines is 3. The number of nitrogens with two attached hydrogens (primary N) is 1. The number of esters is 1. The summed E-state index contributed by atoms with van der Waals surface area (Å²) in [6.07, 6.45) is 0. The van der Waals surface area contributed by atoms with Crippen LogP contribution in [-0.4, -0.2) is 38.2 Å². The molecule has 3 heterocycles. The molecule has 0 aliphatic carbocycles. The molecule has 0 aliphatic rings. The van der Waals surface area contributed by atoms with Crippen molar-refractivity contribution in [3.63, 3.8) is 0 Å². The molecule has 0 spiro atoms. The monoisotopic (exact) mass is 497 g/mol. The standard InChI is InChI=1S/C26H23N7O4/c1-14-8-10-16(11-9-14)19-12-17(22-15(2)33-37-23(22)28-19)24(34)36-13-21-30-25(27)32-26(31-21)29-18-6-4-5-7-20(18)35-3/h4-12H,13H2,1-3H3,(H3,27,29,30,31,32). The predicted octanol–water partition coefficient (Wildman–Crippen LogP) is 4.38. The SMILES string of the molecule is COc1ccccc1Nc1nc(N)nc(COC(=O)c2cc(-c3ccc(C)cc3)nc3onc(C)c23)n1. The largest absolute Gasteiger partial charge is 0.495 e. The van der Waals surface area contributed by atoms with Gasteiger partial charge in [0.25, 0.3) is 5.71 Å². The first-order chi connectivity index (χ1) is 17.9. The van der Waals surface area contributed by atoms with E-state index < -0.39 is 5.97 Å². The van der Waals surface area contributed by atoms with Crippen molar-refractivity contribution in [2.75, 3.05) is 18.2 Å². The van der Waals surface area contributed by atoms with Crippen LogP contribution in [-0.2, 0) is 11.3 Å². The molecule has 0 unspecified atom stereocenters. The zero-order valence-electron chi connectivity index (χ0n) is 20.3. The Morgan fingerprint density at radius 1 is 1.03 bits per heavy atom. The molecule has 0 aliphatic heterocycles. The van der Waals surface area contributed by atoms with Gasteiger partial charge < -0.3 is 25.0 Å². The van der Waals surface area contributed by atoms with E-state index in [9.17, 15) is 4.79 Å².